The number of halogens is 3. The first kappa shape index (κ1) is 30.1. The van der Waals surface area contributed by atoms with Crippen LogP contribution in [-0.2, 0) is 11.0 Å². The quantitative estimate of drug-likeness (QED) is 0.184. The summed E-state index contributed by atoms with van der Waals surface area (Å²) in [6, 6.07) is 12.6. The van der Waals surface area contributed by atoms with Crippen LogP contribution >= 0.6 is 11.8 Å². The molecule has 0 bridgehead atoms. The molecule has 0 radical (unpaired) electrons. The van der Waals surface area contributed by atoms with Gasteiger partial charge in [-0.1, -0.05) is 0 Å². The number of aromatic nitrogens is 1. The number of likely N-dealkylation sites (tertiary alicyclic amines) is 1. The number of ether oxygens (including phenoxy) is 1. The Morgan fingerprint density at radius 3 is 2.65 bits per heavy atom. The zero-order chi connectivity index (χ0) is 28.7. The minimum atomic E-state index is -4.33. The fourth-order valence-corrected chi connectivity index (χ4v) is 6.34. The second kappa shape index (κ2) is 13.7. The van der Waals surface area contributed by atoms with Crippen molar-refractivity contribution in [1.82, 2.24) is 9.88 Å². The number of alkyl halides is 3. The monoisotopic (exact) mass is 576 g/mol. The van der Waals surface area contributed by atoms with Crippen molar-refractivity contribution in [1.29, 1.82) is 0 Å². The van der Waals surface area contributed by atoms with Crippen LogP contribution in [0.4, 0.5) is 13.2 Å². The summed E-state index contributed by atoms with van der Waals surface area (Å²) in [7, 11) is 1.60. The molecule has 1 aromatic heterocycles. The third kappa shape index (κ3) is 8.11. The van der Waals surface area contributed by atoms with E-state index in [1.165, 1.54) is 23.9 Å². The number of pyridine rings is 1. The number of piperidine rings is 1. The molecule has 6 nitrogen and oxygen atoms in total. The summed E-state index contributed by atoms with van der Waals surface area (Å²) >= 11 is 1.52. The van der Waals surface area contributed by atoms with Crippen LogP contribution < -0.4 is 4.74 Å². The standard InChI is InChI=1S/C30H35F3N2O4S/c1-39-23-6-9-27-26(18-23)25(11-13-34-27)28(36)10-3-20-12-15-35(19-21(20)17-29(37)38)14-2-16-40-24-7-4-22(5-8-24)30(31,32)33/h4-9,11,13,18,20-21,28,36H,2-3,10,12,14-17,19H2,1H3,(H,37,38)/t20-,21+,28?/m1/s1. The molecule has 40 heavy (non-hydrogen) atoms. The first-order valence-electron chi connectivity index (χ1n) is 13.5. The van der Waals surface area contributed by atoms with Crippen LogP contribution in [0.2, 0.25) is 0 Å². The Balaban J connectivity index is 1.28. The van der Waals surface area contributed by atoms with Crippen LogP contribution in [0.3, 0.4) is 0 Å². The number of rotatable bonds is 12. The van der Waals surface area contributed by atoms with Gasteiger partial charge in [-0.25, -0.2) is 0 Å². The molecule has 2 heterocycles. The molecule has 2 N–H and O–H groups in total. The van der Waals surface area contributed by atoms with Gasteiger partial charge in [0, 0.05) is 29.4 Å². The average molecular weight is 577 g/mol. The fourth-order valence-electron chi connectivity index (χ4n) is 5.50. The Morgan fingerprint density at radius 1 is 1.18 bits per heavy atom. The number of benzene rings is 2. The van der Waals surface area contributed by atoms with Crippen molar-refractivity contribution < 1.29 is 32.9 Å². The van der Waals surface area contributed by atoms with Crippen molar-refractivity contribution in [3.63, 3.8) is 0 Å². The number of thioether (sulfide) groups is 1. The van der Waals surface area contributed by atoms with Gasteiger partial charge in [0.1, 0.15) is 5.75 Å². The molecule has 1 unspecified atom stereocenters. The lowest BCUT2D eigenvalue weighted by molar-refractivity contribution is -0.139. The zero-order valence-corrected chi connectivity index (χ0v) is 23.3. The Kier molecular flexibility index (Phi) is 10.3. The molecule has 1 aliphatic rings. The minimum absolute atomic E-state index is 0.00436. The predicted molar refractivity (Wildman–Crippen MR) is 150 cm³/mol. The number of carboxylic acids is 1. The molecule has 3 aromatic rings. The van der Waals surface area contributed by atoms with Crippen molar-refractivity contribution in [3.05, 3.63) is 65.9 Å². The first-order valence-corrected chi connectivity index (χ1v) is 14.5. The van der Waals surface area contributed by atoms with Crippen LogP contribution in [0, 0.1) is 11.8 Å². The molecule has 0 saturated carbocycles. The molecule has 10 heteroatoms. The summed E-state index contributed by atoms with van der Waals surface area (Å²) in [4.78, 5) is 19.1. The largest absolute Gasteiger partial charge is 0.497 e. The van der Waals surface area contributed by atoms with E-state index in [4.69, 9.17) is 4.74 Å². The van der Waals surface area contributed by atoms with Crippen molar-refractivity contribution in [2.24, 2.45) is 11.8 Å². The molecule has 1 aliphatic heterocycles. The lowest BCUT2D eigenvalue weighted by Gasteiger charge is -2.38. The summed E-state index contributed by atoms with van der Waals surface area (Å²) in [5, 5.41) is 21.5. The van der Waals surface area contributed by atoms with E-state index in [0.717, 1.165) is 71.6 Å². The van der Waals surface area contributed by atoms with Crippen LogP contribution in [0.15, 0.2) is 59.6 Å². The number of nitrogens with zero attached hydrogens (tertiary/aromatic N) is 2. The van der Waals surface area contributed by atoms with E-state index in [9.17, 15) is 28.2 Å². The van der Waals surface area contributed by atoms with Gasteiger partial charge in [-0.3, -0.25) is 9.78 Å². The van der Waals surface area contributed by atoms with Crippen molar-refractivity contribution in [2.75, 3.05) is 32.5 Å². The van der Waals surface area contributed by atoms with Gasteiger partial charge in [0.05, 0.1) is 24.3 Å². The molecule has 0 amide bonds. The van der Waals surface area contributed by atoms with Crippen molar-refractivity contribution in [2.45, 2.75) is 49.3 Å². The maximum absolute atomic E-state index is 12.8. The number of aliphatic hydroxyl groups is 1. The number of carbonyl (C=O) groups is 1. The highest BCUT2D eigenvalue weighted by Crippen LogP contribution is 2.35. The smallest absolute Gasteiger partial charge is 0.416 e. The van der Waals surface area contributed by atoms with Crippen molar-refractivity contribution >= 4 is 28.6 Å². The number of hydrogen-bond acceptors (Lipinski definition) is 6. The second-order valence-corrected chi connectivity index (χ2v) is 11.5. The Bertz CT molecular complexity index is 1270. The number of aliphatic carboxylic acids is 1. The average Bonchev–Trinajstić information content (AvgIpc) is 2.93. The van der Waals surface area contributed by atoms with Gasteiger partial charge in [-0.15, -0.1) is 11.8 Å². The number of carboxylic acid groups (broad SMARTS) is 1. The molecular formula is C30H35F3N2O4S. The zero-order valence-electron chi connectivity index (χ0n) is 22.4. The molecule has 216 valence electrons. The van der Waals surface area contributed by atoms with Crippen LogP contribution in [0.25, 0.3) is 10.9 Å². The number of methoxy groups -OCH3 is 1. The van der Waals surface area contributed by atoms with E-state index in [0.29, 0.717) is 18.7 Å². The summed E-state index contributed by atoms with van der Waals surface area (Å²) in [6.45, 7) is 2.36. The molecule has 1 saturated heterocycles. The topological polar surface area (TPSA) is 82.9 Å². The molecule has 1 fully saturated rings. The molecular weight excluding hydrogens is 541 g/mol. The van der Waals surface area contributed by atoms with E-state index >= 15 is 0 Å². The highest BCUT2D eigenvalue weighted by molar-refractivity contribution is 7.99. The minimum Gasteiger partial charge on any atom is -0.497 e. The van der Waals surface area contributed by atoms with E-state index in [-0.39, 0.29) is 18.3 Å². The summed E-state index contributed by atoms with van der Waals surface area (Å²) in [5.74, 6) is 0.843. The summed E-state index contributed by atoms with van der Waals surface area (Å²) in [5.41, 5.74) is 0.929. The fraction of sp³-hybridized carbons (Fsp3) is 0.467. The maximum Gasteiger partial charge on any atom is 0.416 e. The van der Waals surface area contributed by atoms with Gasteiger partial charge < -0.3 is 19.8 Å². The lowest BCUT2D eigenvalue weighted by Crippen LogP contribution is -2.42. The van der Waals surface area contributed by atoms with Gasteiger partial charge in [-0.2, -0.15) is 13.2 Å². The first-order chi connectivity index (χ1) is 19.1. The van der Waals surface area contributed by atoms with E-state index in [1.807, 2.05) is 24.3 Å². The van der Waals surface area contributed by atoms with Crippen LogP contribution in [-0.4, -0.2) is 58.6 Å². The third-order valence-electron chi connectivity index (χ3n) is 7.63. The molecule has 2 aromatic carbocycles. The summed E-state index contributed by atoms with van der Waals surface area (Å²) in [6.07, 6.45) is -0.271. The maximum atomic E-state index is 12.8. The van der Waals surface area contributed by atoms with Gasteiger partial charge in [0.2, 0.25) is 0 Å². The lowest BCUT2D eigenvalue weighted by atomic mass is 9.79. The van der Waals surface area contributed by atoms with Gasteiger partial charge in [0.15, 0.2) is 0 Å². The second-order valence-electron chi connectivity index (χ2n) is 10.3. The van der Waals surface area contributed by atoms with E-state index in [2.05, 4.69) is 9.88 Å². The molecule has 0 aliphatic carbocycles. The Labute approximate surface area is 236 Å². The van der Waals surface area contributed by atoms with Crippen molar-refractivity contribution in [3.8, 4) is 5.75 Å². The molecule has 4 rings (SSSR count). The van der Waals surface area contributed by atoms with Crippen LogP contribution in [0.5, 0.6) is 5.75 Å². The van der Waals surface area contributed by atoms with Gasteiger partial charge in [-0.05, 0) is 110 Å². The normalized spacial score (nSPS) is 19.0. The molecule has 3 atom stereocenters. The van der Waals surface area contributed by atoms with Gasteiger partial charge >= 0.3 is 12.1 Å². The van der Waals surface area contributed by atoms with E-state index < -0.39 is 23.8 Å². The highest BCUT2D eigenvalue weighted by atomic mass is 32.2. The Morgan fingerprint density at radius 2 is 1.95 bits per heavy atom. The van der Waals surface area contributed by atoms with Crippen LogP contribution in [0.1, 0.15) is 49.3 Å². The third-order valence-corrected chi connectivity index (χ3v) is 8.73. The Hall–Kier alpha value is -2.82. The molecule has 0 spiro atoms. The highest BCUT2D eigenvalue weighted by Gasteiger charge is 2.32. The van der Waals surface area contributed by atoms with E-state index in [1.54, 1.807) is 13.3 Å². The number of aliphatic hydroxyl groups excluding tert-OH is 1. The van der Waals surface area contributed by atoms with Gasteiger partial charge in [0.25, 0.3) is 0 Å². The number of hydrogen-bond donors (Lipinski definition) is 2. The SMILES string of the molecule is COc1ccc2nccc(C(O)CC[C@@H]3CCN(CCCSc4ccc(C(F)(F)F)cc4)C[C@@H]3CC(=O)O)c2c1. The number of fused-ring (bicyclic) bond motifs is 1. The summed E-state index contributed by atoms with van der Waals surface area (Å²) < 4.78 is 43.6. The predicted octanol–water partition coefficient (Wildman–Crippen LogP) is 6.67.